The normalized spacial score (nSPS) is 85.2. The largest absolute Gasteiger partial charge is 0.389 e. The Morgan fingerprint density at radius 3 is 1.74 bits per heavy atom. The standard InChI is InChI=1S/C22H28O/c23-22-14-2-11-6-19-4-10-1-13(16(14)19)17-15(22)3-12-7-20(17,5-10)18(19)21(22,8-11)9-12/h10-18,23H,1-9H2. The molecule has 0 aliphatic heterocycles. The molecular weight excluding hydrogens is 280 g/mol. The summed E-state index contributed by atoms with van der Waals surface area (Å²) in [6.45, 7) is 0. The molecule has 0 aromatic carbocycles. The van der Waals surface area contributed by atoms with Crippen molar-refractivity contribution >= 4 is 0 Å². The van der Waals surface area contributed by atoms with Crippen LogP contribution in [-0.2, 0) is 0 Å². The van der Waals surface area contributed by atoms with Crippen molar-refractivity contribution in [3.05, 3.63) is 0 Å². The molecule has 8 atom stereocenters. The van der Waals surface area contributed by atoms with E-state index in [1.165, 1.54) is 25.7 Å². The Hall–Kier alpha value is -0.0400. The molecule has 1 N–H and O–H groups in total. The van der Waals surface area contributed by atoms with Gasteiger partial charge in [-0.2, -0.15) is 0 Å². The van der Waals surface area contributed by atoms with Gasteiger partial charge in [-0.05, 0) is 122 Å². The van der Waals surface area contributed by atoms with Gasteiger partial charge in [0.1, 0.15) is 0 Å². The highest BCUT2D eigenvalue weighted by atomic mass is 16.3. The molecular formula is C22H28O. The van der Waals surface area contributed by atoms with Crippen molar-refractivity contribution in [1.82, 2.24) is 0 Å². The van der Waals surface area contributed by atoms with Gasteiger partial charge in [-0.1, -0.05) is 0 Å². The Morgan fingerprint density at radius 2 is 1.17 bits per heavy atom. The van der Waals surface area contributed by atoms with Crippen LogP contribution >= 0.6 is 0 Å². The van der Waals surface area contributed by atoms with E-state index in [9.17, 15) is 5.11 Å². The third-order valence-corrected chi connectivity index (χ3v) is 12.5. The van der Waals surface area contributed by atoms with Crippen molar-refractivity contribution < 1.29 is 5.11 Å². The van der Waals surface area contributed by atoms with Crippen LogP contribution in [0.4, 0.5) is 0 Å². The molecule has 1 heteroatoms. The van der Waals surface area contributed by atoms with Crippen LogP contribution in [0.25, 0.3) is 0 Å². The fourth-order valence-electron chi connectivity index (χ4n) is 14.1. The first kappa shape index (κ1) is 11.6. The van der Waals surface area contributed by atoms with Crippen LogP contribution in [0.3, 0.4) is 0 Å². The zero-order valence-electron chi connectivity index (χ0n) is 14.0. The van der Waals surface area contributed by atoms with E-state index in [0.717, 1.165) is 64.1 Å². The van der Waals surface area contributed by atoms with Gasteiger partial charge >= 0.3 is 0 Å². The first-order valence-electron chi connectivity index (χ1n) is 10.8. The smallest absolute Gasteiger partial charge is 0.0769 e. The number of hydrogen-bond donors (Lipinski definition) is 1. The van der Waals surface area contributed by atoms with E-state index in [2.05, 4.69) is 0 Å². The molecule has 0 saturated heterocycles. The lowest BCUT2D eigenvalue weighted by atomic mass is 9.10. The summed E-state index contributed by atoms with van der Waals surface area (Å²) in [6, 6.07) is 0. The molecule has 0 aromatic rings. The highest BCUT2D eigenvalue weighted by Crippen LogP contribution is 2.96. The second kappa shape index (κ2) is 2.68. The summed E-state index contributed by atoms with van der Waals surface area (Å²) in [6.07, 6.45) is 13.8. The molecule has 8 unspecified atom stereocenters. The minimum absolute atomic E-state index is 0.186. The predicted molar refractivity (Wildman–Crippen MR) is 85.2 cm³/mol. The number of hydrogen-bond acceptors (Lipinski definition) is 1. The average molecular weight is 308 g/mol. The molecule has 0 radical (unpaired) electrons. The second-order valence-electron chi connectivity index (χ2n) is 12.3. The van der Waals surface area contributed by atoms with Gasteiger partial charge in [0.05, 0.1) is 5.60 Å². The highest BCUT2D eigenvalue weighted by molar-refractivity contribution is 5.41. The third-order valence-electron chi connectivity index (χ3n) is 12.5. The summed E-state index contributed by atoms with van der Waals surface area (Å²) < 4.78 is 0. The molecule has 0 heterocycles. The summed E-state index contributed by atoms with van der Waals surface area (Å²) in [4.78, 5) is 0. The zero-order valence-corrected chi connectivity index (χ0v) is 14.0. The summed E-state index contributed by atoms with van der Waals surface area (Å²) in [5.74, 6) is 8.60. The molecule has 0 amide bonds. The van der Waals surface area contributed by atoms with Crippen LogP contribution in [0, 0.1) is 69.5 Å². The molecule has 13 bridgehead atoms. The van der Waals surface area contributed by atoms with Gasteiger partial charge in [0.25, 0.3) is 0 Å². The average Bonchev–Trinajstić information content (AvgIpc) is 2.46. The molecule has 13 fully saturated rings. The first-order chi connectivity index (χ1) is 11.1. The maximum absolute atomic E-state index is 12.4. The molecule has 13 aliphatic rings. The van der Waals surface area contributed by atoms with Gasteiger partial charge in [0.15, 0.2) is 0 Å². The Bertz CT molecular complexity index is 655. The van der Waals surface area contributed by atoms with Crippen molar-refractivity contribution in [2.75, 3.05) is 0 Å². The van der Waals surface area contributed by atoms with Gasteiger partial charge in [-0.25, -0.2) is 0 Å². The van der Waals surface area contributed by atoms with Crippen LogP contribution in [0.15, 0.2) is 0 Å². The fraction of sp³-hybridized carbons (Fsp3) is 1.00. The van der Waals surface area contributed by atoms with E-state index in [0.29, 0.717) is 5.41 Å². The van der Waals surface area contributed by atoms with Crippen LogP contribution in [0.1, 0.15) is 57.8 Å². The van der Waals surface area contributed by atoms with E-state index in [4.69, 9.17) is 0 Å². The molecule has 0 aromatic heterocycles. The number of aliphatic hydroxyl groups is 1. The molecule has 23 heavy (non-hydrogen) atoms. The third kappa shape index (κ3) is 0.737. The summed E-state index contributed by atoms with van der Waals surface area (Å²) in [7, 11) is 0. The van der Waals surface area contributed by atoms with E-state index >= 15 is 0 Å². The zero-order chi connectivity index (χ0) is 14.6. The summed E-state index contributed by atoms with van der Waals surface area (Å²) in [5, 5.41) is 12.4. The summed E-state index contributed by atoms with van der Waals surface area (Å²) in [5.41, 5.74) is 1.72. The highest BCUT2D eigenvalue weighted by Gasteiger charge is 2.93. The lowest BCUT2D eigenvalue weighted by Gasteiger charge is -2.95. The SMILES string of the molecule is OC12C3CC4CC56CC7CC(C35)C3C1CC1CC3(C7)C6C2(C4)C1. The topological polar surface area (TPSA) is 20.2 Å². The van der Waals surface area contributed by atoms with Crippen molar-refractivity contribution in [2.45, 2.75) is 63.4 Å². The van der Waals surface area contributed by atoms with Gasteiger partial charge in [-0.15, -0.1) is 0 Å². The quantitative estimate of drug-likeness (QED) is 0.720. The molecule has 13 saturated carbocycles. The lowest BCUT2D eigenvalue weighted by molar-refractivity contribution is -0.497. The molecule has 3 spiro atoms. The maximum Gasteiger partial charge on any atom is 0.0769 e. The lowest BCUT2D eigenvalue weighted by Crippen LogP contribution is -2.93. The van der Waals surface area contributed by atoms with Crippen molar-refractivity contribution in [3.8, 4) is 0 Å². The monoisotopic (exact) mass is 308 g/mol. The van der Waals surface area contributed by atoms with Crippen molar-refractivity contribution in [2.24, 2.45) is 69.5 Å². The summed E-state index contributed by atoms with van der Waals surface area (Å²) >= 11 is 0. The minimum Gasteiger partial charge on any atom is -0.389 e. The molecule has 122 valence electrons. The van der Waals surface area contributed by atoms with Crippen molar-refractivity contribution in [3.63, 3.8) is 0 Å². The van der Waals surface area contributed by atoms with Crippen LogP contribution in [0.5, 0.6) is 0 Å². The van der Waals surface area contributed by atoms with Crippen LogP contribution in [0.2, 0.25) is 0 Å². The van der Waals surface area contributed by atoms with E-state index in [1.807, 2.05) is 0 Å². The van der Waals surface area contributed by atoms with Gasteiger partial charge in [-0.3, -0.25) is 0 Å². The van der Waals surface area contributed by atoms with Gasteiger partial charge in [0, 0.05) is 5.41 Å². The van der Waals surface area contributed by atoms with Gasteiger partial charge in [0.2, 0.25) is 0 Å². The maximum atomic E-state index is 12.4. The van der Waals surface area contributed by atoms with Crippen LogP contribution < -0.4 is 0 Å². The number of rotatable bonds is 0. The Labute approximate surface area is 138 Å². The predicted octanol–water partition coefficient (Wildman–Crippen LogP) is 3.86. The molecule has 13 aliphatic carbocycles. The van der Waals surface area contributed by atoms with E-state index < -0.39 is 0 Å². The van der Waals surface area contributed by atoms with Crippen molar-refractivity contribution in [1.29, 1.82) is 0 Å². The van der Waals surface area contributed by atoms with E-state index in [1.54, 1.807) is 32.1 Å². The van der Waals surface area contributed by atoms with E-state index in [-0.39, 0.29) is 5.60 Å². The van der Waals surface area contributed by atoms with Crippen LogP contribution in [-0.4, -0.2) is 10.7 Å². The molecule has 1 nitrogen and oxygen atoms in total. The van der Waals surface area contributed by atoms with Gasteiger partial charge < -0.3 is 5.11 Å². The Kier molecular flexibility index (Phi) is 1.35. The Morgan fingerprint density at radius 1 is 0.652 bits per heavy atom. The second-order valence-corrected chi connectivity index (χ2v) is 12.3. The minimum atomic E-state index is -0.186. The first-order valence-corrected chi connectivity index (χ1v) is 10.8. The molecule has 13 rings (SSSR count). The fourth-order valence-corrected chi connectivity index (χ4v) is 14.1. The Balaban J connectivity index is 1.49.